The molecule has 0 saturated carbocycles. The quantitative estimate of drug-likeness (QED) is 0.513. The standard InChI is InChI=1S/C24H38N4O5S/c1-18(2)15-27(22(29)26-24(3,4)5)16-20-14-25-23(28(20)11-12-32-6)34(30,31)17-19-9-8-10-21(13-19)33-7/h8-10,13-14,18H,11-12,15-17H2,1-7H3,(H,26,29). The van der Waals surface area contributed by atoms with Gasteiger partial charge < -0.3 is 24.3 Å². The first kappa shape index (κ1) is 27.7. The summed E-state index contributed by atoms with van der Waals surface area (Å²) in [7, 11) is -0.669. The zero-order valence-corrected chi connectivity index (χ0v) is 22.1. The molecule has 0 aliphatic heterocycles. The zero-order chi connectivity index (χ0) is 25.5. The van der Waals surface area contributed by atoms with Gasteiger partial charge in [-0.2, -0.15) is 0 Å². The van der Waals surface area contributed by atoms with Crippen LogP contribution in [0.5, 0.6) is 5.75 Å². The molecule has 0 bridgehead atoms. The molecule has 1 heterocycles. The van der Waals surface area contributed by atoms with Crippen molar-refractivity contribution in [1.29, 1.82) is 0 Å². The third kappa shape index (κ3) is 8.02. The minimum Gasteiger partial charge on any atom is -0.497 e. The fourth-order valence-corrected chi connectivity index (χ4v) is 4.99. The van der Waals surface area contributed by atoms with E-state index in [1.54, 1.807) is 40.8 Å². The molecule has 9 nitrogen and oxygen atoms in total. The van der Waals surface area contributed by atoms with E-state index in [9.17, 15) is 13.2 Å². The molecule has 0 unspecified atom stereocenters. The van der Waals surface area contributed by atoms with E-state index < -0.39 is 15.4 Å². The van der Waals surface area contributed by atoms with Gasteiger partial charge >= 0.3 is 6.03 Å². The molecule has 2 rings (SSSR count). The molecule has 0 aliphatic carbocycles. The van der Waals surface area contributed by atoms with Crippen molar-refractivity contribution in [1.82, 2.24) is 19.8 Å². The Morgan fingerprint density at radius 2 is 1.94 bits per heavy atom. The number of hydrogen-bond donors (Lipinski definition) is 1. The van der Waals surface area contributed by atoms with Gasteiger partial charge in [0.05, 0.1) is 37.9 Å². The van der Waals surface area contributed by atoms with Crippen molar-refractivity contribution < 1.29 is 22.7 Å². The molecule has 0 fully saturated rings. The van der Waals surface area contributed by atoms with E-state index in [0.29, 0.717) is 36.7 Å². The number of ether oxygens (including phenoxy) is 2. The number of aromatic nitrogens is 2. The maximum Gasteiger partial charge on any atom is 0.318 e. The van der Waals surface area contributed by atoms with Crippen LogP contribution in [0.1, 0.15) is 45.9 Å². The first-order valence-corrected chi connectivity index (χ1v) is 13.0. The summed E-state index contributed by atoms with van der Waals surface area (Å²) in [6.07, 6.45) is 1.53. The number of sulfone groups is 1. The number of carbonyl (C=O) groups is 1. The van der Waals surface area contributed by atoms with Gasteiger partial charge in [0.1, 0.15) is 5.75 Å². The molecule has 2 aromatic rings. The van der Waals surface area contributed by atoms with Crippen molar-refractivity contribution in [3.05, 3.63) is 41.7 Å². The predicted molar refractivity (Wildman–Crippen MR) is 132 cm³/mol. The first-order chi connectivity index (χ1) is 15.9. The summed E-state index contributed by atoms with van der Waals surface area (Å²) in [5.74, 6) is 0.607. The molecule has 10 heteroatoms. The fourth-order valence-electron chi connectivity index (χ4n) is 3.49. The van der Waals surface area contributed by atoms with Crippen LogP contribution < -0.4 is 10.1 Å². The van der Waals surface area contributed by atoms with Gasteiger partial charge in [0.2, 0.25) is 15.0 Å². The summed E-state index contributed by atoms with van der Waals surface area (Å²) in [6.45, 7) is 11.2. The predicted octanol–water partition coefficient (Wildman–Crippen LogP) is 3.48. The Balaban J connectivity index is 2.39. The van der Waals surface area contributed by atoms with Crippen LogP contribution in [-0.4, -0.2) is 61.8 Å². The van der Waals surface area contributed by atoms with Gasteiger partial charge in [-0.25, -0.2) is 18.2 Å². The maximum absolute atomic E-state index is 13.3. The monoisotopic (exact) mass is 494 g/mol. The lowest BCUT2D eigenvalue weighted by Crippen LogP contribution is -2.49. The van der Waals surface area contributed by atoms with Crippen molar-refractivity contribution in [3.8, 4) is 5.75 Å². The van der Waals surface area contributed by atoms with E-state index in [2.05, 4.69) is 10.3 Å². The molecule has 0 atom stereocenters. The Morgan fingerprint density at radius 1 is 1.24 bits per heavy atom. The molecule has 190 valence electrons. The molecule has 0 spiro atoms. The molecule has 34 heavy (non-hydrogen) atoms. The number of amides is 2. The third-order valence-electron chi connectivity index (χ3n) is 4.90. The first-order valence-electron chi connectivity index (χ1n) is 11.3. The second kappa shape index (κ2) is 11.7. The SMILES string of the molecule is COCCn1c(CN(CC(C)C)C(=O)NC(C)(C)C)cnc1S(=O)(=O)Cc1cccc(OC)c1. The van der Waals surface area contributed by atoms with Crippen molar-refractivity contribution >= 4 is 15.9 Å². The van der Waals surface area contributed by atoms with Crippen molar-refractivity contribution in [2.24, 2.45) is 5.92 Å². The number of nitrogens with one attached hydrogen (secondary N) is 1. The van der Waals surface area contributed by atoms with Crippen LogP contribution in [0.4, 0.5) is 4.79 Å². The minimum absolute atomic E-state index is 0.0388. The fraction of sp³-hybridized carbons (Fsp3) is 0.583. The average molecular weight is 495 g/mol. The number of urea groups is 1. The number of rotatable bonds is 11. The van der Waals surface area contributed by atoms with Gasteiger partial charge in [0, 0.05) is 25.7 Å². The molecule has 0 saturated heterocycles. The second-order valence-corrected chi connectivity index (χ2v) is 11.6. The molecule has 0 radical (unpaired) electrons. The lowest BCUT2D eigenvalue weighted by molar-refractivity contribution is 0.172. The van der Waals surface area contributed by atoms with Crippen LogP contribution in [0, 0.1) is 5.92 Å². The highest BCUT2D eigenvalue weighted by Crippen LogP contribution is 2.21. The Morgan fingerprint density at radius 3 is 2.53 bits per heavy atom. The Kier molecular flexibility index (Phi) is 9.52. The summed E-state index contributed by atoms with van der Waals surface area (Å²) in [4.78, 5) is 18.9. The van der Waals surface area contributed by atoms with Crippen molar-refractivity contribution in [2.45, 2.75) is 64.2 Å². The Labute approximate surface area is 203 Å². The van der Waals surface area contributed by atoms with Crippen LogP contribution >= 0.6 is 0 Å². The Bertz CT molecular complexity index is 1060. The van der Waals surface area contributed by atoms with E-state index in [4.69, 9.17) is 9.47 Å². The number of benzene rings is 1. The third-order valence-corrected chi connectivity index (χ3v) is 6.49. The van der Waals surface area contributed by atoms with Crippen LogP contribution in [-0.2, 0) is 33.4 Å². The number of nitrogens with zero attached hydrogens (tertiary/aromatic N) is 3. The molecular weight excluding hydrogens is 456 g/mol. The van der Waals surface area contributed by atoms with Gasteiger partial charge in [0.15, 0.2) is 0 Å². The summed E-state index contributed by atoms with van der Waals surface area (Å²) in [6, 6.07) is 6.75. The second-order valence-electron chi connectivity index (χ2n) is 9.74. The van der Waals surface area contributed by atoms with E-state index in [1.165, 1.54) is 13.3 Å². The summed E-state index contributed by atoms with van der Waals surface area (Å²) >= 11 is 0. The van der Waals surface area contributed by atoms with Crippen LogP contribution in [0.25, 0.3) is 0 Å². The highest BCUT2D eigenvalue weighted by molar-refractivity contribution is 7.90. The molecule has 1 aromatic heterocycles. The van der Waals surface area contributed by atoms with Gasteiger partial charge in [-0.15, -0.1) is 0 Å². The molecule has 1 aromatic carbocycles. The molecular formula is C24H38N4O5S. The summed E-state index contributed by atoms with van der Waals surface area (Å²) in [5.41, 5.74) is 0.840. The van der Waals surface area contributed by atoms with Gasteiger partial charge in [-0.3, -0.25) is 0 Å². The van der Waals surface area contributed by atoms with Crippen LogP contribution in [0.15, 0.2) is 35.6 Å². The minimum atomic E-state index is -3.76. The number of imidazole rings is 1. The largest absolute Gasteiger partial charge is 0.497 e. The van der Waals surface area contributed by atoms with Crippen molar-refractivity contribution in [2.75, 3.05) is 27.4 Å². The van der Waals surface area contributed by atoms with E-state index in [0.717, 1.165) is 0 Å². The topological polar surface area (TPSA) is 103 Å². The van der Waals surface area contributed by atoms with Crippen molar-refractivity contribution in [3.63, 3.8) is 0 Å². The average Bonchev–Trinajstić information content (AvgIpc) is 3.13. The normalized spacial score (nSPS) is 12.1. The highest BCUT2D eigenvalue weighted by Gasteiger charge is 2.27. The molecule has 1 N–H and O–H groups in total. The van der Waals surface area contributed by atoms with Crippen LogP contribution in [0.3, 0.4) is 0 Å². The summed E-state index contributed by atoms with van der Waals surface area (Å²) < 4.78 is 38.7. The van der Waals surface area contributed by atoms with Crippen LogP contribution in [0.2, 0.25) is 0 Å². The van der Waals surface area contributed by atoms with E-state index >= 15 is 0 Å². The van der Waals surface area contributed by atoms with Gasteiger partial charge in [0.25, 0.3) is 0 Å². The zero-order valence-electron chi connectivity index (χ0n) is 21.3. The number of carbonyl (C=O) groups excluding carboxylic acids is 1. The Hall–Kier alpha value is -2.59. The van der Waals surface area contributed by atoms with E-state index in [1.807, 2.05) is 34.6 Å². The number of methoxy groups -OCH3 is 2. The van der Waals surface area contributed by atoms with Gasteiger partial charge in [-0.05, 0) is 44.4 Å². The maximum atomic E-state index is 13.3. The lowest BCUT2D eigenvalue weighted by Gasteiger charge is -2.30. The summed E-state index contributed by atoms with van der Waals surface area (Å²) in [5, 5.41) is 2.95. The molecule has 2 amide bonds. The van der Waals surface area contributed by atoms with Gasteiger partial charge in [-0.1, -0.05) is 26.0 Å². The lowest BCUT2D eigenvalue weighted by atomic mass is 10.1. The highest BCUT2D eigenvalue weighted by atomic mass is 32.2. The molecule has 0 aliphatic rings. The smallest absolute Gasteiger partial charge is 0.318 e. The number of hydrogen-bond acceptors (Lipinski definition) is 6. The van der Waals surface area contributed by atoms with E-state index in [-0.39, 0.29) is 29.4 Å².